The van der Waals surface area contributed by atoms with Crippen molar-refractivity contribution in [1.29, 1.82) is 0 Å². The van der Waals surface area contributed by atoms with E-state index in [2.05, 4.69) is 15.7 Å². The highest BCUT2D eigenvalue weighted by Crippen LogP contribution is 2.34. The second-order valence-corrected chi connectivity index (χ2v) is 5.63. The lowest BCUT2D eigenvalue weighted by molar-refractivity contribution is 1.22. The van der Waals surface area contributed by atoms with Crippen molar-refractivity contribution in [2.75, 3.05) is 10.7 Å². The zero-order chi connectivity index (χ0) is 14.9. The molecule has 1 aromatic heterocycles. The van der Waals surface area contributed by atoms with Crippen LogP contribution < -0.4 is 16.6 Å². The molecule has 0 saturated heterocycles. The summed E-state index contributed by atoms with van der Waals surface area (Å²) in [6.07, 6.45) is 0. The van der Waals surface area contributed by atoms with E-state index in [-0.39, 0.29) is 0 Å². The number of aromatic nitrogens is 1. The summed E-state index contributed by atoms with van der Waals surface area (Å²) in [5.41, 5.74) is 3.84. The zero-order valence-electron chi connectivity index (χ0n) is 10.3. The Bertz CT molecular complexity index is 660. The van der Waals surface area contributed by atoms with Crippen LogP contribution in [0.1, 0.15) is 5.56 Å². The van der Waals surface area contributed by atoms with Gasteiger partial charge in [0.1, 0.15) is 0 Å². The van der Waals surface area contributed by atoms with E-state index in [0.29, 0.717) is 37.4 Å². The third kappa shape index (κ3) is 3.22. The van der Waals surface area contributed by atoms with Crippen LogP contribution in [0.3, 0.4) is 0 Å². The van der Waals surface area contributed by atoms with Gasteiger partial charge in [-0.15, -0.1) is 0 Å². The van der Waals surface area contributed by atoms with Gasteiger partial charge in [0.2, 0.25) is 0 Å². The van der Waals surface area contributed by atoms with Crippen LogP contribution in [0.25, 0.3) is 0 Å². The standard InChI is InChI=1S/C12H10Cl4N4/c1-5-2-7(14)10(4-6(5)13)18-11-8(15)3-9(16)12(19-11)20-17/h2-4H,17H2,1H3,(H2,18,19,20). The SMILES string of the molecule is Cc1cc(Cl)c(Nc2nc(NN)c(Cl)cc2Cl)cc1Cl. The van der Waals surface area contributed by atoms with E-state index in [4.69, 9.17) is 52.2 Å². The fraction of sp³-hybridized carbons (Fsp3) is 0.0833. The monoisotopic (exact) mass is 350 g/mol. The lowest BCUT2D eigenvalue weighted by atomic mass is 10.2. The third-order valence-corrected chi connectivity index (χ3v) is 3.86. The second kappa shape index (κ2) is 6.24. The molecule has 0 aliphatic heterocycles. The van der Waals surface area contributed by atoms with Gasteiger partial charge in [0, 0.05) is 5.02 Å². The second-order valence-electron chi connectivity index (χ2n) is 4.00. The molecular weight excluding hydrogens is 342 g/mol. The van der Waals surface area contributed by atoms with E-state index in [1.807, 2.05) is 6.92 Å². The number of benzene rings is 1. The summed E-state index contributed by atoms with van der Waals surface area (Å²) < 4.78 is 0. The number of halogens is 4. The maximum atomic E-state index is 6.15. The number of rotatable bonds is 3. The molecule has 0 saturated carbocycles. The Balaban J connectivity index is 2.42. The van der Waals surface area contributed by atoms with Gasteiger partial charge in [0.05, 0.1) is 20.8 Å². The highest BCUT2D eigenvalue weighted by molar-refractivity contribution is 6.38. The number of pyridine rings is 1. The maximum Gasteiger partial charge on any atom is 0.161 e. The largest absolute Gasteiger partial charge is 0.338 e. The van der Waals surface area contributed by atoms with Gasteiger partial charge >= 0.3 is 0 Å². The number of nitrogens with one attached hydrogen (secondary N) is 2. The van der Waals surface area contributed by atoms with Crippen LogP contribution in [0.15, 0.2) is 18.2 Å². The number of anilines is 3. The fourth-order valence-corrected chi connectivity index (χ4v) is 2.41. The molecule has 0 unspecified atom stereocenters. The highest BCUT2D eigenvalue weighted by Gasteiger charge is 2.11. The molecule has 0 amide bonds. The van der Waals surface area contributed by atoms with E-state index < -0.39 is 0 Å². The van der Waals surface area contributed by atoms with Crippen molar-refractivity contribution in [3.8, 4) is 0 Å². The Morgan fingerprint density at radius 2 is 1.55 bits per heavy atom. The average molecular weight is 352 g/mol. The van der Waals surface area contributed by atoms with E-state index in [9.17, 15) is 0 Å². The van der Waals surface area contributed by atoms with Crippen LogP contribution in [0.4, 0.5) is 17.3 Å². The summed E-state index contributed by atoms with van der Waals surface area (Å²) in [5.74, 6) is 5.99. The van der Waals surface area contributed by atoms with Crippen LogP contribution >= 0.6 is 46.4 Å². The van der Waals surface area contributed by atoms with Gasteiger partial charge in [-0.05, 0) is 30.7 Å². The minimum atomic E-state index is 0.299. The summed E-state index contributed by atoms with van der Waals surface area (Å²) in [6.45, 7) is 1.86. The topological polar surface area (TPSA) is 63.0 Å². The lowest BCUT2D eigenvalue weighted by Gasteiger charge is -2.13. The number of nitrogen functional groups attached to an aromatic ring is 1. The van der Waals surface area contributed by atoms with Crippen LogP contribution in [0, 0.1) is 6.92 Å². The first-order chi connectivity index (χ1) is 9.42. The van der Waals surface area contributed by atoms with E-state index in [0.717, 1.165) is 5.56 Å². The molecule has 0 spiro atoms. The molecule has 0 bridgehead atoms. The van der Waals surface area contributed by atoms with Crippen molar-refractivity contribution in [3.63, 3.8) is 0 Å². The molecule has 4 N–H and O–H groups in total. The molecule has 1 heterocycles. The fourth-order valence-electron chi connectivity index (χ4n) is 1.53. The summed E-state index contributed by atoms with van der Waals surface area (Å²) >= 11 is 24.2. The number of hydrogen-bond acceptors (Lipinski definition) is 4. The molecule has 0 aliphatic carbocycles. The molecule has 8 heteroatoms. The van der Waals surface area contributed by atoms with E-state index in [1.165, 1.54) is 6.07 Å². The van der Waals surface area contributed by atoms with Crippen molar-refractivity contribution in [1.82, 2.24) is 4.98 Å². The number of hydrogen-bond donors (Lipinski definition) is 3. The highest BCUT2D eigenvalue weighted by atomic mass is 35.5. The normalized spacial score (nSPS) is 10.5. The lowest BCUT2D eigenvalue weighted by Crippen LogP contribution is -2.10. The van der Waals surface area contributed by atoms with Gasteiger partial charge < -0.3 is 10.7 Å². The Hall–Kier alpha value is -0.910. The van der Waals surface area contributed by atoms with Crippen LogP contribution in [-0.4, -0.2) is 4.98 Å². The molecule has 4 nitrogen and oxygen atoms in total. The molecule has 0 aliphatic rings. The molecule has 1 aromatic carbocycles. The van der Waals surface area contributed by atoms with Crippen molar-refractivity contribution in [3.05, 3.63) is 43.9 Å². The molecule has 20 heavy (non-hydrogen) atoms. The number of aryl methyl sites for hydroxylation is 1. The van der Waals surface area contributed by atoms with Gasteiger partial charge in [0.25, 0.3) is 0 Å². The maximum absolute atomic E-state index is 6.15. The molecule has 0 radical (unpaired) electrons. The molecular formula is C12H10Cl4N4. The van der Waals surface area contributed by atoms with Gasteiger partial charge in [0.15, 0.2) is 11.6 Å². The van der Waals surface area contributed by atoms with Crippen LogP contribution in [0.5, 0.6) is 0 Å². The quantitative estimate of drug-likeness (QED) is 0.535. The van der Waals surface area contributed by atoms with Crippen molar-refractivity contribution in [2.45, 2.75) is 6.92 Å². The van der Waals surface area contributed by atoms with Gasteiger partial charge in [-0.1, -0.05) is 46.4 Å². The van der Waals surface area contributed by atoms with Crippen LogP contribution in [-0.2, 0) is 0 Å². The third-order valence-electron chi connectivity index (χ3n) is 2.57. The Labute approximate surface area is 136 Å². The van der Waals surface area contributed by atoms with Crippen LogP contribution in [0.2, 0.25) is 20.1 Å². The molecule has 106 valence electrons. The smallest absolute Gasteiger partial charge is 0.161 e. The van der Waals surface area contributed by atoms with Crippen molar-refractivity contribution < 1.29 is 0 Å². The van der Waals surface area contributed by atoms with E-state index in [1.54, 1.807) is 12.1 Å². The zero-order valence-corrected chi connectivity index (χ0v) is 13.3. The number of nitrogens with zero attached hydrogens (tertiary/aromatic N) is 1. The van der Waals surface area contributed by atoms with Gasteiger partial charge in [-0.2, -0.15) is 0 Å². The average Bonchev–Trinajstić information content (AvgIpc) is 2.38. The summed E-state index contributed by atoms with van der Waals surface area (Å²) in [5, 5.41) is 4.73. The first kappa shape index (κ1) is 15.5. The van der Waals surface area contributed by atoms with E-state index >= 15 is 0 Å². The number of hydrazine groups is 1. The number of nitrogens with two attached hydrogens (primary N) is 1. The summed E-state index contributed by atoms with van der Waals surface area (Å²) in [7, 11) is 0. The Morgan fingerprint density at radius 3 is 2.20 bits per heavy atom. The minimum absolute atomic E-state index is 0.299. The Kier molecular flexibility index (Phi) is 4.83. The van der Waals surface area contributed by atoms with Crippen molar-refractivity contribution in [2.24, 2.45) is 5.84 Å². The molecule has 2 aromatic rings. The minimum Gasteiger partial charge on any atom is -0.338 e. The first-order valence-electron chi connectivity index (χ1n) is 5.47. The van der Waals surface area contributed by atoms with Gasteiger partial charge in [-0.25, -0.2) is 10.8 Å². The van der Waals surface area contributed by atoms with Gasteiger partial charge in [-0.3, -0.25) is 0 Å². The van der Waals surface area contributed by atoms with Crippen molar-refractivity contribution >= 4 is 63.7 Å². The molecule has 2 rings (SSSR count). The molecule has 0 atom stereocenters. The molecule has 0 fully saturated rings. The predicted molar refractivity (Wildman–Crippen MR) is 86.5 cm³/mol. The first-order valence-corrected chi connectivity index (χ1v) is 6.99. The summed E-state index contributed by atoms with van der Waals surface area (Å²) in [6, 6.07) is 4.97. The summed E-state index contributed by atoms with van der Waals surface area (Å²) in [4.78, 5) is 4.17. The predicted octanol–water partition coefficient (Wildman–Crippen LogP) is 5.03. The Morgan fingerprint density at radius 1 is 0.900 bits per heavy atom.